The zero-order valence-electron chi connectivity index (χ0n) is 48.1. The number of carbonyl (C=O) groups is 11. The molecule has 0 spiro atoms. The van der Waals surface area contributed by atoms with Gasteiger partial charge in [0.1, 0.15) is 0 Å². The van der Waals surface area contributed by atoms with Crippen molar-refractivity contribution in [3.63, 3.8) is 0 Å². The lowest BCUT2D eigenvalue weighted by atomic mass is 10.1. The minimum atomic E-state index is -1.40. The summed E-state index contributed by atoms with van der Waals surface area (Å²) in [6.07, 6.45) is -1.28. The van der Waals surface area contributed by atoms with E-state index in [4.69, 9.17) is 46.4 Å². The molecule has 0 aromatic heterocycles. The third-order valence-corrected chi connectivity index (χ3v) is 14.7. The minimum absolute atomic E-state index is 0.0286. The van der Waals surface area contributed by atoms with Gasteiger partial charge in [0, 0.05) is 72.4 Å². The van der Waals surface area contributed by atoms with Gasteiger partial charge in [-0.1, -0.05) is 94.9 Å². The maximum atomic E-state index is 14.9. The number of carboxylic acids is 4. The molecular weight excluding hydrogens is 1210 g/mol. The average molecular weight is 1290 g/mol. The zero-order valence-corrected chi connectivity index (χ0v) is 51.2. The van der Waals surface area contributed by atoms with Crippen molar-refractivity contribution in [1.29, 1.82) is 0 Å². The van der Waals surface area contributed by atoms with E-state index in [2.05, 4.69) is 5.32 Å². The molecule has 0 aliphatic rings. The first-order valence-corrected chi connectivity index (χ1v) is 29.4. The molecule has 4 rings (SSSR count). The van der Waals surface area contributed by atoms with E-state index in [0.29, 0.717) is 45.0 Å². The zero-order chi connectivity index (χ0) is 64.0. The highest BCUT2D eigenvalue weighted by Crippen LogP contribution is 2.16. The van der Waals surface area contributed by atoms with Gasteiger partial charge in [0.15, 0.2) is 0 Å². The van der Waals surface area contributed by atoms with Crippen LogP contribution in [0.4, 0.5) is 0 Å². The molecule has 0 aliphatic carbocycles. The molecule has 4 aromatic rings. The molecule has 0 heterocycles. The summed E-state index contributed by atoms with van der Waals surface area (Å²) in [6.45, 7) is -4.83. The Morgan fingerprint density at radius 3 is 0.793 bits per heavy atom. The van der Waals surface area contributed by atoms with Gasteiger partial charge >= 0.3 is 23.9 Å². The number of likely N-dealkylation sites (N-methyl/N-ethyl adjacent to an activating group) is 1. The second-order valence-electron chi connectivity index (χ2n) is 20.1. The number of hydrogen-bond donors (Lipinski definition) is 5. The van der Waals surface area contributed by atoms with Crippen molar-refractivity contribution in [2.75, 3.05) is 105 Å². The normalized spacial score (nSPS) is 10.8. The molecule has 470 valence electrons. The van der Waals surface area contributed by atoms with Crippen molar-refractivity contribution >= 4 is 112 Å². The fourth-order valence-corrected chi connectivity index (χ4v) is 9.15. The molecule has 23 nitrogen and oxygen atoms in total. The minimum Gasteiger partial charge on any atom is -0.481 e. The van der Waals surface area contributed by atoms with Crippen LogP contribution in [-0.4, -0.2) is 225 Å². The predicted octanol–water partition coefficient (Wildman–Crippen LogP) is 4.88. The Morgan fingerprint density at radius 2 is 0.540 bits per heavy atom. The van der Waals surface area contributed by atoms with E-state index in [1.807, 2.05) is 12.1 Å². The molecule has 87 heavy (non-hydrogen) atoms. The van der Waals surface area contributed by atoms with Crippen LogP contribution in [0, 0.1) is 0 Å². The van der Waals surface area contributed by atoms with Crippen molar-refractivity contribution in [3.05, 3.63) is 139 Å². The maximum absolute atomic E-state index is 14.9. The monoisotopic (exact) mass is 1280 g/mol. The highest BCUT2D eigenvalue weighted by atomic mass is 35.5. The van der Waals surface area contributed by atoms with E-state index in [-0.39, 0.29) is 52.1 Å². The number of amides is 7. The van der Waals surface area contributed by atoms with Gasteiger partial charge in [0.25, 0.3) is 0 Å². The number of hydrogen-bond acceptors (Lipinski definition) is 12. The number of nitrogens with one attached hydrogen (secondary N) is 1. The summed E-state index contributed by atoms with van der Waals surface area (Å²) in [5.41, 5.74) is 3.23. The van der Waals surface area contributed by atoms with Gasteiger partial charge in [-0.2, -0.15) is 0 Å². The number of carboxylic acid groups (broad SMARTS) is 4. The highest BCUT2D eigenvalue weighted by molar-refractivity contribution is 6.31. The first-order valence-electron chi connectivity index (χ1n) is 27.9. The van der Waals surface area contributed by atoms with Crippen LogP contribution >= 0.6 is 46.4 Å². The third-order valence-electron chi connectivity index (χ3n) is 13.7. The Hall–Kier alpha value is -7.83. The lowest BCUT2D eigenvalue weighted by molar-refractivity contribution is -0.150. The van der Waals surface area contributed by atoms with Crippen LogP contribution in [0.15, 0.2) is 97.1 Å². The van der Waals surface area contributed by atoms with Crippen LogP contribution in [-0.2, 0) is 78.4 Å². The molecule has 5 N–H and O–H groups in total. The predicted molar refractivity (Wildman–Crippen MR) is 324 cm³/mol. The molecular formula is C60H72Cl4N8O15. The van der Waals surface area contributed by atoms with Gasteiger partial charge in [-0.05, 0) is 110 Å². The van der Waals surface area contributed by atoms with Gasteiger partial charge in [0.2, 0.25) is 41.4 Å². The van der Waals surface area contributed by atoms with Crippen LogP contribution in [0.5, 0.6) is 0 Å². The molecule has 0 bridgehead atoms. The molecule has 0 saturated carbocycles. The van der Waals surface area contributed by atoms with E-state index >= 15 is 0 Å². The fourth-order valence-electron chi connectivity index (χ4n) is 8.65. The van der Waals surface area contributed by atoms with Crippen molar-refractivity contribution in [3.8, 4) is 0 Å². The standard InChI is InChI=1S/C60H72Cl4N8O15/c1-2-66(31-23-57(80)81)51(74)36-70(32-24-58(82)83)55(78)40-72(34-26-60(86)87)56(79)41-71(33-25-59(84)85)54(77)39-69(30-22-45-9-17-49(64)18-10-45)53(76)38-68(29-21-44-7-15-48(63)16-8-44)52(75)37-67(28-20-43-5-13-47(62)14-6-43)50(73)35-65-27-19-42-3-11-46(61)12-4-42/h3-18,65H,2,19-41H2,1H3,(H,80,81)(H,82,83)(H,84,85)(H,86,87). The number of aliphatic carboxylic acids is 4. The topological polar surface area (TPSA) is 303 Å². The van der Waals surface area contributed by atoms with Crippen molar-refractivity contribution in [2.45, 2.75) is 58.3 Å². The van der Waals surface area contributed by atoms with Crippen LogP contribution in [0.1, 0.15) is 54.9 Å². The largest absolute Gasteiger partial charge is 0.481 e. The summed E-state index contributed by atoms with van der Waals surface area (Å²) < 4.78 is 0. The Morgan fingerprint density at radius 1 is 0.322 bits per heavy atom. The smallest absolute Gasteiger partial charge is 0.305 e. The summed E-state index contributed by atoms with van der Waals surface area (Å²) in [5.74, 6) is -10.9. The van der Waals surface area contributed by atoms with E-state index in [1.54, 1.807) is 91.9 Å². The van der Waals surface area contributed by atoms with E-state index in [1.165, 1.54) is 9.80 Å². The molecule has 0 saturated heterocycles. The van der Waals surface area contributed by atoms with Gasteiger partial charge in [-0.25, -0.2) is 0 Å². The van der Waals surface area contributed by atoms with E-state index in [9.17, 15) is 73.2 Å². The Bertz CT molecular complexity index is 2980. The molecule has 7 amide bonds. The summed E-state index contributed by atoms with van der Waals surface area (Å²) >= 11 is 24.6. The van der Waals surface area contributed by atoms with Gasteiger partial charge in [-0.3, -0.25) is 52.7 Å². The number of rotatable bonds is 39. The van der Waals surface area contributed by atoms with Crippen molar-refractivity contribution in [1.82, 2.24) is 39.6 Å². The van der Waals surface area contributed by atoms with Crippen molar-refractivity contribution in [2.24, 2.45) is 0 Å². The van der Waals surface area contributed by atoms with Crippen LogP contribution < -0.4 is 5.32 Å². The molecule has 0 fully saturated rings. The average Bonchev–Trinajstić information content (AvgIpc) is 3.68. The Labute approximate surface area is 524 Å². The fraction of sp³-hybridized carbons (Fsp3) is 0.417. The number of benzene rings is 4. The maximum Gasteiger partial charge on any atom is 0.305 e. The molecule has 0 radical (unpaired) electrons. The summed E-state index contributed by atoms with van der Waals surface area (Å²) in [4.78, 5) is 154. The Kier molecular flexibility index (Phi) is 31.0. The van der Waals surface area contributed by atoms with Crippen molar-refractivity contribution < 1.29 is 73.2 Å². The number of carbonyl (C=O) groups excluding carboxylic acids is 7. The summed E-state index contributed by atoms with van der Waals surface area (Å²) in [7, 11) is 0. The lowest BCUT2D eigenvalue weighted by Crippen LogP contribution is -2.53. The third kappa shape index (κ3) is 27.6. The van der Waals surface area contributed by atoms with Crippen LogP contribution in [0.25, 0.3) is 0 Å². The molecule has 0 aliphatic heterocycles. The molecule has 4 aromatic carbocycles. The molecule has 0 atom stereocenters. The number of halogens is 4. The summed E-state index contributed by atoms with van der Waals surface area (Å²) in [6, 6.07) is 27.7. The quantitative estimate of drug-likeness (QED) is 0.0372. The first kappa shape index (κ1) is 71.6. The summed E-state index contributed by atoms with van der Waals surface area (Å²) in [5, 5.41) is 43.2. The highest BCUT2D eigenvalue weighted by Gasteiger charge is 2.31. The first-order chi connectivity index (χ1) is 41.4. The van der Waals surface area contributed by atoms with Gasteiger partial charge < -0.3 is 60.0 Å². The van der Waals surface area contributed by atoms with E-state index in [0.717, 1.165) is 41.2 Å². The second-order valence-corrected chi connectivity index (χ2v) is 21.9. The number of nitrogens with zero attached hydrogens (tertiary/aromatic N) is 7. The van der Waals surface area contributed by atoms with Gasteiger partial charge in [0.05, 0.1) is 71.5 Å². The van der Waals surface area contributed by atoms with Crippen LogP contribution in [0.2, 0.25) is 20.1 Å². The van der Waals surface area contributed by atoms with E-state index < -0.39 is 150 Å². The second kappa shape index (κ2) is 37.7. The molecule has 27 heteroatoms. The Balaban J connectivity index is 1.67. The van der Waals surface area contributed by atoms with Gasteiger partial charge in [-0.15, -0.1) is 0 Å². The lowest BCUT2D eigenvalue weighted by Gasteiger charge is -2.32. The SMILES string of the molecule is CCN(CCC(=O)O)C(=O)CN(CCC(=O)O)C(=O)CN(CCC(=O)O)C(=O)CN(CCC(=O)O)C(=O)CN(CCc1ccc(Cl)cc1)C(=O)CN(CCc1ccc(Cl)cc1)C(=O)CN(CCc1ccc(Cl)cc1)C(=O)CNCCc1ccc(Cl)cc1. The van der Waals surface area contributed by atoms with Crippen LogP contribution in [0.3, 0.4) is 0 Å². The molecule has 0 unspecified atom stereocenters.